The van der Waals surface area contributed by atoms with Crippen molar-refractivity contribution in [3.05, 3.63) is 20.7 Å². The van der Waals surface area contributed by atoms with Crippen LogP contribution in [0.1, 0.15) is 44.2 Å². The lowest BCUT2D eigenvalue weighted by Crippen LogP contribution is -2.48. The van der Waals surface area contributed by atoms with Gasteiger partial charge in [0.05, 0.1) is 0 Å². The zero-order chi connectivity index (χ0) is 10.8. The molecule has 0 aromatic carbocycles. The molecule has 0 atom stereocenters. The zero-order valence-corrected chi connectivity index (χ0v) is 10.2. The highest BCUT2D eigenvalue weighted by molar-refractivity contribution is 7.07. The van der Waals surface area contributed by atoms with E-state index >= 15 is 0 Å². The third-order valence-electron chi connectivity index (χ3n) is 5.13. The van der Waals surface area contributed by atoms with Crippen molar-refractivity contribution in [3.8, 4) is 0 Å². The van der Waals surface area contributed by atoms with E-state index in [9.17, 15) is 4.79 Å². The molecule has 86 valence electrons. The molecule has 1 N–H and O–H groups in total. The Labute approximate surface area is 99.1 Å². The van der Waals surface area contributed by atoms with Crippen LogP contribution in [0.4, 0.5) is 0 Å². The summed E-state index contributed by atoms with van der Waals surface area (Å²) in [7, 11) is 0. The largest absolute Gasteiger partial charge is 0.316 e. The fourth-order valence-corrected chi connectivity index (χ4v) is 5.68. The Hall–Kier alpha value is -0.570. The van der Waals surface area contributed by atoms with Crippen molar-refractivity contribution in [2.75, 3.05) is 0 Å². The van der Waals surface area contributed by atoms with E-state index in [-0.39, 0.29) is 4.87 Å². The van der Waals surface area contributed by atoms with Crippen LogP contribution in [0, 0.1) is 17.8 Å². The van der Waals surface area contributed by atoms with Gasteiger partial charge in [-0.2, -0.15) is 0 Å². The Bertz CT molecular complexity index is 437. The predicted molar refractivity (Wildman–Crippen MR) is 64.8 cm³/mol. The SMILES string of the molecule is O=c1[nH]c(C23CC4CC(CC(C4)C2)C3)cs1. The van der Waals surface area contributed by atoms with Gasteiger partial charge in [-0.15, -0.1) is 0 Å². The average Bonchev–Trinajstić information content (AvgIpc) is 2.63. The minimum absolute atomic E-state index is 0.130. The summed E-state index contributed by atoms with van der Waals surface area (Å²) in [6, 6.07) is 0. The zero-order valence-electron chi connectivity index (χ0n) is 9.37. The Kier molecular flexibility index (Phi) is 1.78. The molecule has 1 aromatic rings. The van der Waals surface area contributed by atoms with E-state index in [0.717, 1.165) is 17.8 Å². The third-order valence-corrected chi connectivity index (χ3v) is 5.80. The predicted octanol–water partition coefficient (Wildman–Crippen LogP) is 2.90. The summed E-state index contributed by atoms with van der Waals surface area (Å²) >= 11 is 1.34. The van der Waals surface area contributed by atoms with E-state index in [1.807, 2.05) is 0 Å². The van der Waals surface area contributed by atoms with Crippen molar-refractivity contribution >= 4 is 11.3 Å². The fourth-order valence-electron chi connectivity index (χ4n) is 4.98. The van der Waals surface area contributed by atoms with Gasteiger partial charge in [0.15, 0.2) is 0 Å². The van der Waals surface area contributed by atoms with E-state index in [4.69, 9.17) is 0 Å². The maximum Gasteiger partial charge on any atom is 0.304 e. The lowest BCUT2D eigenvalue weighted by atomic mass is 9.49. The first-order valence-corrected chi connectivity index (χ1v) is 7.30. The molecule has 0 radical (unpaired) electrons. The summed E-state index contributed by atoms with van der Waals surface area (Å²) < 4.78 is 0. The van der Waals surface area contributed by atoms with Crippen molar-refractivity contribution in [1.29, 1.82) is 0 Å². The summed E-state index contributed by atoms with van der Waals surface area (Å²) in [5.74, 6) is 2.86. The van der Waals surface area contributed by atoms with Gasteiger partial charge in [0.1, 0.15) is 0 Å². The molecule has 16 heavy (non-hydrogen) atoms. The van der Waals surface area contributed by atoms with Gasteiger partial charge in [0.25, 0.3) is 0 Å². The van der Waals surface area contributed by atoms with Crippen LogP contribution in [-0.4, -0.2) is 4.98 Å². The van der Waals surface area contributed by atoms with Crippen LogP contribution >= 0.6 is 11.3 Å². The van der Waals surface area contributed by atoms with Gasteiger partial charge in [-0.1, -0.05) is 11.3 Å². The second-order valence-electron chi connectivity index (χ2n) is 6.26. The topological polar surface area (TPSA) is 32.9 Å². The highest BCUT2D eigenvalue weighted by atomic mass is 32.1. The van der Waals surface area contributed by atoms with Crippen LogP contribution in [0.2, 0.25) is 0 Å². The van der Waals surface area contributed by atoms with E-state index in [2.05, 4.69) is 10.4 Å². The minimum Gasteiger partial charge on any atom is -0.316 e. The molecule has 1 aromatic heterocycles. The van der Waals surface area contributed by atoms with E-state index in [1.165, 1.54) is 55.6 Å². The molecule has 3 heteroatoms. The molecule has 4 bridgehead atoms. The molecular formula is C13H17NOS. The van der Waals surface area contributed by atoms with Crippen molar-refractivity contribution in [2.45, 2.75) is 43.9 Å². The molecule has 5 rings (SSSR count). The molecule has 0 saturated heterocycles. The molecule has 1 heterocycles. The van der Waals surface area contributed by atoms with Crippen LogP contribution in [0.15, 0.2) is 10.2 Å². The van der Waals surface area contributed by atoms with Crippen LogP contribution in [-0.2, 0) is 5.41 Å². The van der Waals surface area contributed by atoms with Crippen LogP contribution in [0.3, 0.4) is 0 Å². The second-order valence-corrected chi connectivity index (χ2v) is 7.10. The van der Waals surface area contributed by atoms with Crippen LogP contribution < -0.4 is 4.87 Å². The summed E-state index contributed by atoms with van der Waals surface area (Å²) in [5.41, 5.74) is 1.63. The number of thiazole rings is 1. The van der Waals surface area contributed by atoms with E-state index in [0.29, 0.717) is 5.41 Å². The smallest absolute Gasteiger partial charge is 0.304 e. The Morgan fingerprint density at radius 3 is 2.12 bits per heavy atom. The van der Waals surface area contributed by atoms with Crippen molar-refractivity contribution in [3.63, 3.8) is 0 Å². The van der Waals surface area contributed by atoms with Crippen molar-refractivity contribution in [1.82, 2.24) is 4.98 Å². The first kappa shape index (κ1) is 9.46. The first-order valence-electron chi connectivity index (χ1n) is 6.42. The summed E-state index contributed by atoms with van der Waals surface area (Å²) in [6.07, 6.45) is 8.41. The quantitative estimate of drug-likeness (QED) is 0.797. The lowest BCUT2D eigenvalue weighted by molar-refractivity contribution is -0.00698. The highest BCUT2D eigenvalue weighted by Gasteiger charge is 2.52. The standard InChI is InChI=1S/C13H17NOS/c15-12-14-11(7-16-12)13-4-8-1-9(5-13)3-10(2-8)6-13/h7-10H,1-6H2,(H,14,15). The lowest BCUT2D eigenvalue weighted by Gasteiger charge is -2.56. The Morgan fingerprint density at radius 1 is 1.12 bits per heavy atom. The van der Waals surface area contributed by atoms with Gasteiger partial charge >= 0.3 is 4.87 Å². The summed E-state index contributed by atoms with van der Waals surface area (Å²) in [5, 5.41) is 2.09. The molecule has 0 aliphatic heterocycles. The normalized spacial score (nSPS) is 45.1. The number of aromatic nitrogens is 1. The molecule has 2 nitrogen and oxygen atoms in total. The van der Waals surface area contributed by atoms with Gasteiger partial charge in [0, 0.05) is 16.5 Å². The monoisotopic (exact) mass is 235 g/mol. The minimum atomic E-state index is 0.130. The van der Waals surface area contributed by atoms with Gasteiger partial charge in [-0.25, -0.2) is 0 Å². The van der Waals surface area contributed by atoms with E-state index < -0.39 is 0 Å². The van der Waals surface area contributed by atoms with E-state index in [1.54, 1.807) is 0 Å². The first-order chi connectivity index (χ1) is 7.73. The second kappa shape index (κ2) is 3.00. The molecule has 0 amide bonds. The number of rotatable bonds is 1. The molecule has 4 aliphatic carbocycles. The van der Waals surface area contributed by atoms with Crippen molar-refractivity contribution in [2.24, 2.45) is 17.8 Å². The number of aromatic amines is 1. The van der Waals surface area contributed by atoms with Crippen LogP contribution in [0.5, 0.6) is 0 Å². The fraction of sp³-hybridized carbons (Fsp3) is 0.769. The van der Waals surface area contributed by atoms with Gasteiger partial charge < -0.3 is 4.98 Å². The maximum absolute atomic E-state index is 11.3. The molecular weight excluding hydrogens is 218 g/mol. The summed E-state index contributed by atoms with van der Waals surface area (Å²) in [4.78, 5) is 14.6. The van der Waals surface area contributed by atoms with Gasteiger partial charge in [0.2, 0.25) is 0 Å². The number of nitrogens with one attached hydrogen (secondary N) is 1. The molecule has 4 fully saturated rings. The number of H-pyrrole nitrogens is 1. The maximum atomic E-state index is 11.3. The third kappa shape index (κ3) is 1.21. The van der Waals surface area contributed by atoms with Crippen LogP contribution in [0.25, 0.3) is 0 Å². The number of hydrogen-bond acceptors (Lipinski definition) is 2. The highest BCUT2D eigenvalue weighted by Crippen LogP contribution is 2.60. The van der Waals surface area contributed by atoms with Crippen molar-refractivity contribution < 1.29 is 0 Å². The van der Waals surface area contributed by atoms with Gasteiger partial charge in [-0.05, 0) is 56.3 Å². The molecule has 0 spiro atoms. The Morgan fingerprint density at radius 2 is 1.69 bits per heavy atom. The van der Waals surface area contributed by atoms with Gasteiger partial charge in [-0.3, -0.25) is 4.79 Å². The Balaban J connectivity index is 1.79. The molecule has 0 unspecified atom stereocenters. The summed E-state index contributed by atoms with van der Waals surface area (Å²) in [6.45, 7) is 0. The number of hydrogen-bond donors (Lipinski definition) is 1. The molecule has 4 aliphatic rings. The molecule has 4 saturated carbocycles. The average molecular weight is 235 g/mol.